The molecular formula is C19H24N2O5S. The lowest BCUT2D eigenvalue weighted by atomic mass is 10.2. The molecule has 0 atom stereocenters. The van der Waals surface area contributed by atoms with Crippen LogP contribution in [0.3, 0.4) is 0 Å². The number of amides is 1. The molecule has 0 aliphatic rings. The Bertz CT molecular complexity index is 847. The Morgan fingerprint density at radius 3 is 2.15 bits per heavy atom. The minimum absolute atomic E-state index is 0.151. The third-order valence-corrected chi connectivity index (χ3v) is 5.00. The van der Waals surface area contributed by atoms with Crippen LogP contribution in [-0.4, -0.2) is 34.6 Å². The highest BCUT2D eigenvalue weighted by Crippen LogP contribution is 2.17. The van der Waals surface area contributed by atoms with Crippen molar-refractivity contribution in [2.45, 2.75) is 18.7 Å². The molecule has 146 valence electrons. The summed E-state index contributed by atoms with van der Waals surface area (Å²) in [6.45, 7) is 4.03. The molecule has 2 aromatic rings. The summed E-state index contributed by atoms with van der Waals surface area (Å²) in [7, 11) is -1.98. The van der Waals surface area contributed by atoms with Crippen LogP contribution in [0, 0.1) is 5.92 Å². The zero-order valence-corrected chi connectivity index (χ0v) is 16.4. The van der Waals surface area contributed by atoms with Gasteiger partial charge in [0.1, 0.15) is 11.5 Å². The Labute approximate surface area is 159 Å². The van der Waals surface area contributed by atoms with Crippen LogP contribution in [0.1, 0.15) is 13.8 Å². The highest BCUT2D eigenvalue weighted by Gasteiger charge is 2.14. The number of nitrogens with one attached hydrogen (secondary N) is 2. The molecule has 0 aliphatic carbocycles. The predicted molar refractivity (Wildman–Crippen MR) is 104 cm³/mol. The number of hydrogen-bond acceptors (Lipinski definition) is 5. The first kappa shape index (κ1) is 20.7. The second kappa shape index (κ2) is 9.38. The van der Waals surface area contributed by atoms with Gasteiger partial charge in [-0.25, -0.2) is 13.1 Å². The number of hydrogen-bond donors (Lipinski definition) is 2. The number of sulfonamides is 1. The molecule has 2 rings (SSSR count). The normalized spacial score (nSPS) is 11.3. The van der Waals surface area contributed by atoms with Crippen LogP contribution < -0.4 is 19.5 Å². The van der Waals surface area contributed by atoms with Crippen LogP contribution in [0.25, 0.3) is 0 Å². The standard InChI is InChI=1S/C19H24N2O5S/c1-14(2)12-20-27(23,24)18-10-8-17(9-11-18)26-13-19(22)21-15-4-6-16(25-3)7-5-15/h4-11,14,20H,12-13H2,1-3H3,(H,21,22). The first-order chi connectivity index (χ1) is 12.8. The molecule has 8 heteroatoms. The Kier molecular flexibility index (Phi) is 7.20. The highest BCUT2D eigenvalue weighted by atomic mass is 32.2. The molecular weight excluding hydrogens is 368 g/mol. The summed E-state index contributed by atoms with van der Waals surface area (Å²) in [6, 6.07) is 12.8. The maximum absolute atomic E-state index is 12.1. The van der Waals surface area contributed by atoms with Crippen LogP contribution in [0.2, 0.25) is 0 Å². The molecule has 0 aliphatic heterocycles. The largest absolute Gasteiger partial charge is 0.497 e. The SMILES string of the molecule is COc1ccc(NC(=O)COc2ccc(S(=O)(=O)NCC(C)C)cc2)cc1. The van der Waals surface area contributed by atoms with Gasteiger partial charge in [0.05, 0.1) is 12.0 Å². The predicted octanol–water partition coefficient (Wildman–Crippen LogP) is 2.65. The van der Waals surface area contributed by atoms with E-state index >= 15 is 0 Å². The second-order valence-electron chi connectivity index (χ2n) is 6.28. The van der Waals surface area contributed by atoms with Gasteiger partial charge in [0, 0.05) is 12.2 Å². The van der Waals surface area contributed by atoms with E-state index in [9.17, 15) is 13.2 Å². The minimum Gasteiger partial charge on any atom is -0.497 e. The average Bonchev–Trinajstić information content (AvgIpc) is 2.66. The number of methoxy groups -OCH3 is 1. The van der Waals surface area contributed by atoms with Gasteiger partial charge in [-0.05, 0) is 54.4 Å². The zero-order chi connectivity index (χ0) is 19.9. The number of carbonyl (C=O) groups excluding carboxylic acids is 1. The van der Waals surface area contributed by atoms with Crippen molar-refractivity contribution in [1.82, 2.24) is 4.72 Å². The molecule has 27 heavy (non-hydrogen) atoms. The molecule has 1 amide bonds. The second-order valence-corrected chi connectivity index (χ2v) is 8.05. The van der Waals surface area contributed by atoms with Crippen molar-refractivity contribution in [1.29, 1.82) is 0 Å². The number of ether oxygens (including phenoxy) is 2. The van der Waals surface area contributed by atoms with Crippen LogP contribution in [0.15, 0.2) is 53.4 Å². The van der Waals surface area contributed by atoms with Crippen molar-refractivity contribution in [2.75, 3.05) is 25.6 Å². The van der Waals surface area contributed by atoms with Gasteiger partial charge in [-0.15, -0.1) is 0 Å². The fourth-order valence-corrected chi connectivity index (χ4v) is 3.31. The zero-order valence-electron chi connectivity index (χ0n) is 15.6. The van der Waals surface area contributed by atoms with Crippen LogP contribution in [0.5, 0.6) is 11.5 Å². The number of benzene rings is 2. The summed E-state index contributed by atoms with van der Waals surface area (Å²) in [5.74, 6) is 0.993. The van der Waals surface area contributed by atoms with Gasteiger partial charge >= 0.3 is 0 Å². The Balaban J connectivity index is 1.87. The lowest BCUT2D eigenvalue weighted by Crippen LogP contribution is -2.27. The van der Waals surface area contributed by atoms with Crippen molar-refractivity contribution >= 4 is 21.6 Å². The van der Waals surface area contributed by atoms with Gasteiger partial charge in [-0.3, -0.25) is 4.79 Å². The molecule has 0 fully saturated rings. The molecule has 2 N–H and O–H groups in total. The summed E-state index contributed by atoms with van der Waals surface area (Å²) in [6.07, 6.45) is 0. The monoisotopic (exact) mass is 392 g/mol. The minimum atomic E-state index is -3.54. The van der Waals surface area contributed by atoms with E-state index in [1.807, 2.05) is 13.8 Å². The molecule has 0 saturated carbocycles. The summed E-state index contributed by atoms with van der Waals surface area (Å²) >= 11 is 0. The van der Waals surface area contributed by atoms with E-state index in [0.717, 1.165) is 0 Å². The van der Waals surface area contributed by atoms with E-state index in [0.29, 0.717) is 23.7 Å². The van der Waals surface area contributed by atoms with E-state index < -0.39 is 10.0 Å². The molecule has 0 heterocycles. The lowest BCUT2D eigenvalue weighted by Gasteiger charge is -2.10. The summed E-state index contributed by atoms with van der Waals surface area (Å²) in [5, 5.41) is 2.70. The van der Waals surface area contributed by atoms with Gasteiger partial charge in [0.25, 0.3) is 5.91 Å². The average molecular weight is 392 g/mol. The van der Waals surface area contributed by atoms with Crippen molar-refractivity contribution < 1.29 is 22.7 Å². The van der Waals surface area contributed by atoms with E-state index in [1.54, 1.807) is 31.4 Å². The Morgan fingerprint density at radius 2 is 1.59 bits per heavy atom. The van der Waals surface area contributed by atoms with E-state index in [2.05, 4.69) is 10.0 Å². The molecule has 0 aromatic heterocycles. The first-order valence-corrected chi connectivity index (χ1v) is 9.95. The van der Waals surface area contributed by atoms with Gasteiger partial charge in [-0.1, -0.05) is 13.8 Å². The maximum atomic E-state index is 12.1. The van der Waals surface area contributed by atoms with Gasteiger partial charge in [0.2, 0.25) is 10.0 Å². The number of rotatable bonds is 9. The van der Waals surface area contributed by atoms with Crippen LogP contribution in [0.4, 0.5) is 5.69 Å². The Hall–Kier alpha value is -2.58. The molecule has 0 spiro atoms. The summed E-state index contributed by atoms with van der Waals surface area (Å²) < 4.78 is 37.3. The van der Waals surface area contributed by atoms with Gasteiger partial charge in [-0.2, -0.15) is 0 Å². The number of anilines is 1. The summed E-state index contributed by atoms with van der Waals surface area (Å²) in [4.78, 5) is 12.1. The highest BCUT2D eigenvalue weighted by molar-refractivity contribution is 7.89. The Morgan fingerprint density at radius 1 is 1.00 bits per heavy atom. The maximum Gasteiger partial charge on any atom is 0.262 e. The third kappa shape index (κ3) is 6.58. The van der Waals surface area contributed by atoms with Crippen molar-refractivity contribution in [2.24, 2.45) is 5.92 Å². The molecule has 0 radical (unpaired) electrons. The third-order valence-electron chi connectivity index (χ3n) is 3.56. The molecule has 0 unspecified atom stereocenters. The van der Waals surface area contributed by atoms with E-state index in [4.69, 9.17) is 9.47 Å². The quantitative estimate of drug-likeness (QED) is 0.684. The fraction of sp³-hybridized carbons (Fsp3) is 0.316. The van der Waals surface area contributed by atoms with Gasteiger partial charge in [0.15, 0.2) is 6.61 Å². The molecule has 0 bridgehead atoms. The van der Waals surface area contributed by atoms with Crippen LogP contribution in [-0.2, 0) is 14.8 Å². The number of carbonyl (C=O) groups is 1. The van der Waals surface area contributed by atoms with Crippen molar-refractivity contribution in [3.8, 4) is 11.5 Å². The topological polar surface area (TPSA) is 93.7 Å². The lowest BCUT2D eigenvalue weighted by molar-refractivity contribution is -0.118. The summed E-state index contributed by atoms with van der Waals surface area (Å²) in [5.41, 5.74) is 0.627. The van der Waals surface area contributed by atoms with Gasteiger partial charge < -0.3 is 14.8 Å². The van der Waals surface area contributed by atoms with E-state index in [1.165, 1.54) is 24.3 Å². The van der Waals surface area contributed by atoms with Crippen LogP contribution >= 0.6 is 0 Å². The van der Waals surface area contributed by atoms with E-state index in [-0.39, 0.29) is 23.3 Å². The molecule has 0 saturated heterocycles. The molecule has 2 aromatic carbocycles. The van der Waals surface area contributed by atoms with Crippen molar-refractivity contribution in [3.05, 3.63) is 48.5 Å². The smallest absolute Gasteiger partial charge is 0.262 e. The fourth-order valence-electron chi connectivity index (χ4n) is 2.10. The molecule has 7 nitrogen and oxygen atoms in total. The first-order valence-electron chi connectivity index (χ1n) is 8.46. The van der Waals surface area contributed by atoms with Crippen molar-refractivity contribution in [3.63, 3.8) is 0 Å².